The van der Waals surface area contributed by atoms with Gasteiger partial charge in [0, 0.05) is 12.1 Å². The average molecular weight is 237 g/mol. The Morgan fingerprint density at radius 2 is 1.71 bits per heavy atom. The first kappa shape index (κ1) is 14.0. The summed E-state index contributed by atoms with van der Waals surface area (Å²) in [5, 5.41) is 12.3. The van der Waals surface area contributed by atoms with Gasteiger partial charge >= 0.3 is 0 Å². The minimum absolute atomic E-state index is 0.108. The van der Waals surface area contributed by atoms with Crippen molar-refractivity contribution < 1.29 is 9.84 Å². The maximum absolute atomic E-state index is 8.99. The van der Waals surface area contributed by atoms with Crippen LogP contribution < -0.4 is 10.1 Å². The Balaban J connectivity index is 2.60. The number of aliphatic hydroxyl groups is 1. The van der Waals surface area contributed by atoms with Gasteiger partial charge in [0.25, 0.3) is 0 Å². The van der Waals surface area contributed by atoms with Gasteiger partial charge in [0.2, 0.25) is 0 Å². The normalized spacial score (nSPS) is 14.7. The standard InChI is InChI=1S/C14H23NO2/c1-10(2)17-14-7-5-13(6-8-14)12(4)15-11(3)9-16/h5-8,10-12,15-16H,9H2,1-4H3/t11-,12?/m1/s1. The fourth-order valence-corrected chi connectivity index (χ4v) is 1.68. The van der Waals surface area contributed by atoms with Crippen LogP contribution in [0.2, 0.25) is 0 Å². The maximum Gasteiger partial charge on any atom is 0.119 e. The SMILES string of the molecule is CC(C)Oc1ccc(C(C)N[C@H](C)CO)cc1. The van der Waals surface area contributed by atoms with Gasteiger partial charge in [-0.15, -0.1) is 0 Å². The van der Waals surface area contributed by atoms with Crippen molar-refractivity contribution in [3.8, 4) is 5.75 Å². The van der Waals surface area contributed by atoms with Crippen LogP contribution in [0.3, 0.4) is 0 Å². The number of rotatable bonds is 6. The van der Waals surface area contributed by atoms with Crippen LogP contribution in [0.25, 0.3) is 0 Å². The predicted octanol–water partition coefficient (Wildman–Crippen LogP) is 2.51. The Kier molecular flexibility index (Phi) is 5.45. The summed E-state index contributed by atoms with van der Waals surface area (Å²) in [7, 11) is 0. The van der Waals surface area contributed by atoms with E-state index in [1.54, 1.807) is 0 Å². The van der Waals surface area contributed by atoms with Crippen LogP contribution in [-0.4, -0.2) is 23.9 Å². The van der Waals surface area contributed by atoms with Gasteiger partial charge in [-0.3, -0.25) is 0 Å². The summed E-state index contributed by atoms with van der Waals surface area (Å²) in [6.07, 6.45) is 0.200. The van der Waals surface area contributed by atoms with E-state index in [-0.39, 0.29) is 24.8 Å². The van der Waals surface area contributed by atoms with Gasteiger partial charge in [-0.05, 0) is 45.4 Å². The molecule has 0 radical (unpaired) electrons. The lowest BCUT2D eigenvalue weighted by atomic mass is 10.1. The molecule has 0 heterocycles. The van der Waals surface area contributed by atoms with Crippen molar-refractivity contribution in [2.45, 2.75) is 45.9 Å². The van der Waals surface area contributed by atoms with E-state index in [2.05, 4.69) is 24.4 Å². The fourth-order valence-electron chi connectivity index (χ4n) is 1.68. The third-order valence-electron chi connectivity index (χ3n) is 2.56. The third kappa shape index (κ3) is 4.75. The number of benzene rings is 1. The zero-order valence-corrected chi connectivity index (χ0v) is 11.1. The molecule has 0 amide bonds. The Hall–Kier alpha value is -1.06. The largest absolute Gasteiger partial charge is 0.491 e. The summed E-state index contributed by atoms with van der Waals surface area (Å²) in [6.45, 7) is 8.23. The van der Waals surface area contributed by atoms with E-state index >= 15 is 0 Å². The molecule has 0 spiro atoms. The smallest absolute Gasteiger partial charge is 0.119 e. The lowest BCUT2D eigenvalue weighted by molar-refractivity contribution is 0.240. The minimum Gasteiger partial charge on any atom is -0.491 e. The van der Waals surface area contributed by atoms with Crippen LogP contribution >= 0.6 is 0 Å². The molecule has 3 heteroatoms. The Labute approximate surface area is 104 Å². The second-order valence-corrected chi connectivity index (χ2v) is 4.71. The van der Waals surface area contributed by atoms with Gasteiger partial charge in [-0.2, -0.15) is 0 Å². The number of hydrogen-bond acceptors (Lipinski definition) is 3. The molecular formula is C14H23NO2. The molecule has 0 aromatic heterocycles. The Morgan fingerprint density at radius 3 is 2.18 bits per heavy atom. The molecule has 1 aromatic rings. The van der Waals surface area contributed by atoms with Crippen LogP contribution in [0.5, 0.6) is 5.75 Å². The Bertz CT molecular complexity index is 321. The van der Waals surface area contributed by atoms with Crippen LogP contribution in [0, 0.1) is 0 Å². The molecule has 96 valence electrons. The molecule has 2 atom stereocenters. The van der Waals surface area contributed by atoms with E-state index in [9.17, 15) is 0 Å². The first-order chi connectivity index (χ1) is 8.02. The summed E-state index contributed by atoms with van der Waals surface area (Å²) < 4.78 is 5.59. The number of hydrogen-bond donors (Lipinski definition) is 2. The van der Waals surface area contributed by atoms with E-state index in [4.69, 9.17) is 9.84 Å². The highest BCUT2D eigenvalue weighted by Gasteiger charge is 2.08. The monoisotopic (exact) mass is 237 g/mol. The highest BCUT2D eigenvalue weighted by Crippen LogP contribution is 2.18. The number of ether oxygens (including phenoxy) is 1. The lowest BCUT2D eigenvalue weighted by Gasteiger charge is -2.19. The average Bonchev–Trinajstić information content (AvgIpc) is 2.28. The van der Waals surface area contributed by atoms with Crippen molar-refractivity contribution in [1.82, 2.24) is 5.32 Å². The third-order valence-corrected chi connectivity index (χ3v) is 2.56. The summed E-state index contributed by atoms with van der Waals surface area (Å²) in [6, 6.07) is 8.41. The molecule has 3 nitrogen and oxygen atoms in total. The van der Waals surface area contributed by atoms with E-state index in [0.29, 0.717) is 0 Å². The quantitative estimate of drug-likeness (QED) is 0.798. The zero-order chi connectivity index (χ0) is 12.8. The van der Waals surface area contributed by atoms with E-state index in [1.807, 2.05) is 32.9 Å². The Morgan fingerprint density at radius 1 is 1.12 bits per heavy atom. The number of aliphatic hydroxyl groups excluding tert-OH is 1. The molecule has 0 aliphatic heterocycles. The van der Waals surface area contributed by atoms with Gasteiger partial charge in [0.15, 0.2) is 0 Å². The minimum atomic E-state index is 0.108. The molecular weight excluding hydrogens is 214 g/mol. The van der Waals surface area contributed by atoms with E-state index < -0.39 is 0 Å². The zero-order valence-electron chi connectivity index (χ0n) is 11.1. The molecule has 0 saturated carbocycles. The van der Waals surface area contributed by atoms with Crippen molar-refractivity contribution in [2.24, 2.45) is 0 Å². The van der Waals surface area contributed by atoms with Crippen LogP contribution in [-0.2, 0) is 0 Å². The van der Waals surface area contributed by atoms with Crippen LogP contribution in [0.4, 0.5) is 0 Å². The van der Waals surface area contributed by atoms with E-state index in [1.165, 1.54) is 5.56 Å². The summed E-state index contributed by atoms with van der Waals surface area (Å²) >= 11 is 0. The van der Waals surface area contributed by atoms with Crippen molar-refractivity contribution in [3.63, 3.8) is 0 Å². The van der Waals surface area contributed by atoms with E-state index in [0.717, 1.165) is 5.75 Å². The van der Waals surface area contributed by atoms with Gasteiger partial charge < -0.3 is 15.2 Å². The molecule has 0 fully saturated rings. The second kappa shape index (κ2) is 6.62. The molecule has 0 saturated heterocycles. The topological polar surface area (TPSA) is 41.5 Å². The molecule has 0 bridgehead atoms. The van der Waals surface area contributed by atoms with Crippen molar-refractivity contribution in [3.05, 3.63) is 29.8 Å². The highest BCUT2D eigenvalue weighted by atomic mass is 16.5. The first-order valence-corrected chi connectivity index (χ1v) is 6.16. The summed E-state index contributed by atoms with van der Waals surface area (Å²) in [5.74, 6) is 0.895. The molecule has 17 heavy (non-hydrogen) atoms. The predicted molar refractivity (Wildman–Crippen MR) is 70.3 cm³/mol. The van der Waals surface area contributed by atoms with Crippen LogP contribution in [0.15, 0.2) is 24.3 Å². The molecule has 0 aliphatic carbocycles. The second-order valence-electron chi connectivity index (χ2n) is 4.71. The summed E-state index contributed by atoms with van der Waals surface area (Å²) in [5.41, 5.74) is 1.20. The van der Waals surface area contributed by atoms with Gasteiger partial charge in [0.1, 0.15) is 5.75 Å². The molecule has 1 aromatic carbocycles. The van der Waals surface area contributed by atoms with Gasteiger partial charge in [0.05, 0.1) is 12.7 Å². The van der Waals surface area contributed by atoms with Crippen LogP contribution in [0.1, 0.15) is 39.3 Å². The van der Waals surface area contributed by atoms with Gasteiger partial charge in [-0.1, -0.05) is 12.1 Å². The number of nitrogens with one attached hydrogen (secondary N) is 1. The summed E-state index contributed by atoms with van der Waals surface area (Å²) in [4.78, 5) is 0. The van der Waals surface area contributed by atoms with Crippen molar-refractivity contribution >= 4 is 0 Å². The van der Waals surface area contributed by atoms with Crippen molar-refractivity contribution in [2.75, 3.05) is 6.61 Å². The molecule has 0 aliphatic rings. The fraction of sp³-hybridized carbons (Fsp3) is 0.571. The maximum atomic E-state index is 8.99. The lowest BCUT2D eigenvalue weighted by Crippen LogP contribution is -2.31. The molecule has 2 N–H and O–H groups in total. The first-order valence-electron chi connectivity index (χ1n) is 6.16. The highest BCUT2D eigenvalue weighted by molar-refractivity contribution is 5.29. The molecule has 1 rings (SSSR count). The molecule has 1 unspecified atom stereocenters. The van der Waals surface area contributed by atoms with Gasteiger partial charge in [-0.25, -0.2) is 0 Å². The van der Waals surface area contributed by atoms with Crippen molar-refractivity contribution in [1.29, 1.82) is 0 Å².